The number of hydrogen-bond acceptors (Lipinski definition) is 2. The van der Waals surface area contributed by atoms with Crippen LogP contribution in [0.3, 0.4) is 0 Å². The van der Waals surface area contributed by atoms with Crippen LogP contribution in [0.2, 0.25) is 0 Å². The van der Waals surface area contributed by atoms with Crippen molar-refractivity contribution < 1.29 is 4.74 Å². The van der Waals surface area contributed by atoms with Crippen LogP contribution >= 0.6 is 0 Å². The number of nitrogens with one attached hydrogen (secondary N) is 1. The van der Waals surface area contributed by atoms with E-state index in [-0.39, 0.29) is 0 Å². The van der Waals surface area contributed by atoms with Crippen molar-refractivity contribution >= 4 is 0 Å². The van der Waals surface area contributed by atoms with Crippen molar-refractivity contribution in [2.24, 2.45) is 0 Å². The van der Waals surface area contributed by atoms with Crippen molar-refractivity contribution in [3.8, 4) is 5.75 Å². The van der Waals surface area contributed by atoms with Gasteiger partial charge in [-0.1, -0.05) is 56.2 Å². The van der Waals surface area contributed by atoms with Crippen LogP contribution in [0.1, 0.15) is 55.8 Å². The van der Waals surface area contributed by atoms with Gasteiger partial charge in [-0.3, -0.25) is 0 Å². The summed E-state index contributed by atoms with van der Waals surface area (Å²) in [6.45, 7) is 8.28. The molecule has 0 fully saturated rings. The van der Waals surface area contributed by atoms with Gasteiger partial charge in [-0.2, -0.15) is 0 Å². The lowest BCUT2D eigenvalue weighted by molar-refractivity contribution is 0.306. The van der Waals surface area contributed by atoms with E-state index in [4.69, 9.17) is 4.74 Å². The quantitative estimate of drug-likeness (QED) is 0.625. The highest BCUT2D eigenvalue weighted by atomic mass is 16.5. The van der Waals surface area contributed by atoms with Crippen LogP contribution in [-0.2, 0) is 6.54 Å². The lowest BCUT2D eigenvalue weighted by Gasteiger charge is -2.16. The molecule has 124 valence electrons. The molecule has 2 rings (SSSR count). The van der Waals surface area contributed by atoms with E-state index >= 15 is 0 Å². The molecule has 2 aromatic rings. The molecule has 2 aromatic carbocycles. The molecule has 1 N–H and O–H groups in total. The molecule has 0 amide bonds. The number of unbranched alkanes of at least 4 members (excludes halogenated alkanes) is 2. The molecule has 2 nitrogen and oxygen atoms in total. The molecule has 1 unspecified atom stereocenters. The van der Waals surface area contributed by atoms with Crippen molar-refractivity contribution in [1.29, 1.82) is 0 Å². The Bertz CT molecular complexity index is 577. The van der Waals surface area contributed by atoms with Gasteiger partial charge in [-0.15, -0.1) is 0 Å². The standard InChI is InChI=1S/C21H29NO/c1-4-5-8-15-23-21-13-11-19(12-14-21)18(3)22-16-20-10-7-6-9-17(20)2/h6-7,9-14,18,22H,4-5,8,15-16H2,1-3H3. The predicted molar refractivity (Wildman–Crippen MR) is 97.9 cm³/mol. The summed E-state index contributed by atoms with van der Waals surface area (Å²) in [7, 11) is 0. The Balaban J connectivity index is 1.82. The van der Waals surface area contributed by atoms with Gasteiger partial charge < -0.3 is 10.1 Å². The Hall–Kier alpha value is -1.80. The normalized spacial score (nSPS) is 12.1. The summed E-state index contributed by atoms with van der Waals surface area (Å²) in [5.74, 6) is 0.968. The molecule has 23 heavy (non-hydrogen) atoms. The summed E-state index contributed by atoms with van der Waals surface area (Å²) in [4.78, 5) is 0. The van der Waals surface area contributed by atoms with E-state index in [9.17, 15) is 0 Å². The molecular formula is C21H29NO. The minimum absolute atomic E-state index is 0.323. The largest absolute Gasteiger partial charge is 0.494 e. The lowest BCUT2D eigenvalue weighted by atomic mass is 10.1. The fourth-order valence-electron chi connectivity index (χ4n) is 2.58. The fourth-order valence-corrected chi connectivity index (χ4v) is 2.58. The fraction of sp³-hybridized carbons (Fsp3) is 0.429. The van der Waals surface area contributed by atoms with Gasteiger partial charge in [0.15, 0.2) is 0 Å². The molecule has 0 heterocycles. The first-order chi connectivity index (χ1) is 11.2. The van der Waals surface area contributed by atoms with E-state index in [1.807, 2.05) is 0 Å². The second-order valence-corrected chi connectivity index (χ2v) is 6.15. The molecule has 0 aliphatic rings. The number of rotatable bonds is 9. The highest BCUT2D eigenvalue weighted by molar-refractivity contribution is 5.29. The maximum Gasteiger partial charge on any atom is 0.119 e. The zero-order chi connectivity index (χ0) is 16.5. The minimum atomic E-state index is 0.323. The highest BCUT2D eigenvalue weighted by Crippen LogP contribution is 2.19. The SMILES string of the molecule is CCCCCOc1ccc(C(C)NCc2ccccc2C)cc1. The van der Waals surface area contributed by atoms with Crippen LogP contribution in [0.4, 0.5) is 0 Å². The smallest absolute Gasteiger partial charge is 0.119 e. The molecule has 0 spiro atoms. The van der Waals surface area contributed by atoms with Crippen molar-refractivity contribution in [3.63, 3.8) is 0 Å². The average Bonchev–Trinajstić information content (AvgIpc) is 2.58. The molecule has 0 saturated carbocycles. The van der Waals surface area contributed by atoms with Crippen LogP contribution in [0.5, 0.6) is 5.75 Å². The average molecular weight is 311 g/mol. The van der Waals surface area contributed by atoms with Gasteiger partial charge in [-0.05, 0) is 49.1 Å². The molecule has 0 aromatic heterocycles. The third-order valence-electron chi connectivity index (χ3n) is 4.26. The summed E-state index contributed by atoms with van der Waals surface area (Å²) in [5, 5.41) is 3.59. The van der Waals surface area contributed by atoms with E-state index in [1.165, 1.54) is 29.5 Å². The molecule has 0 saturated heterocycles. The molecule has 0 aliphatic carbocycles. The van der Waals surface area contributed by atoms with E-state index in [2.05, 4.69) is 74.6 Å². The van der Waals surface area contributed by atoms with E-state index in [1.54, 1.807) is 0 Å². The molecule has 0 bridgehead atoms. The molecule has 0 radical (unpaired) electrons. The van der Waals surface area contributed by atoms with Crippen LogP contribution < -0.4 is 10.1 Å². The number of benzene rings is 2. The lowest BCUT2D eigenvalue weighted by Crippen LogP contribution is -2.18. The maximum atomic E-state index is 5.77. The van der Waals surface area contributed by atoms with Gasteiger partial charge in [0, 0.05) is 12.6 Å². The second-order valence-electron chi connectivity index (χ2n) is 6.15. The van der Waals surface area contributed by atoms with E-state index in [0.717, 1.165) is 25.3 Å². The summed E-state index contributed by atoms with van der Waals surface area (Å²) in [6.07, 6.45) is 3.59. The zero-order valence-corrected chi connectivity index (χ0v) is 14.6. The zero-order valence-electron chi connectivity index (χ0n) is 14.6. The summed E-state index contributed by atoms with van der Waals surface area (Å²) >= 11 is 0. The molecular weight excluding hydrogens is 282 g/mol. The van der Waals surface area contributed by atoms with Crippen LogP contribution in [0.15, 0.2) is 48.5 Å². The first-order valence-corrected chi connectivity index (χ1v) is 8.71. The van der Waals surface area contributed by atoms with Gasteiger partial charge in [-0.25, -0.2) is 0 Å². The summed E-state index contributed by atoms with van der Waals surface area (Å²) < 4.78 is 5.77. The third-order valence-corrected chi connectivity index (χ3v) is 4.26. The Morgan fingerprint density at radius 3 is 2.43 bits per heavy atom. The first kappa shape index (κ1) is 17.6. The predicted octanol–water partition coefficient (Wildman–Crippen LogP) is 5.41. The van der Waals surface area contributed by atoms with Gasteiger partial charge in [0.05, 0.1) is 6.61 Å². The second kappa shape index (κ2) is 9.36. The topological polar surface area (TPSA) is 21.3 Å². The van der Waals surface area contributed by atoms with Crippen LogP contribution in [0.25, 0.3) is 0 Å². The summed E-state index contributed by atoms with van der Waals surface area (Å²) in [5.41, 5.74) is 3.98. The minimum Gasteiger partial charge on any atom is -0.494 e. The van der Waals surface area contributed by atoms with Crippen molar-refractivity contribution in [3.05, 3.63) is 65.2 Å². The Labute approximate surface area is 140 Å². The van der Waals surface area contributed by atoms with Crippen molar-refractivity contribution in [1.82, 2.24) is 5.32 Å². The Morgan fingerprint density at radius 2 is 1.74 bits per heavy atom. The van der Waals surface area contributed by atoms with Crippen LogP contribution in [0, 0.1) is 6.92 Å². The number of ether oxygens (including phenoxy) is 1. The van der Waals surface area contributed by atoms with Gasteiger partial charge in [0.1, 0.15) is 5.75 Å². The van der Waals surface area contributed by atoms with Gasteiger partial charge in [0.2, 0.25) is 0 Å². The molecule has 1 atom stereocenters. The molecule has 2 heteroatoms. The first-order valence-electron chi connectivity index (χ1n) is 8.71. The van der Waals surface area contributed by atoms with E-state index in [0.29, 0.717) is 6.04 Å². The van der Waals surface area contributed by atoms with Crippen molar-refractivity contribution in [2.45, 2.75) is 52.6 Å². The number of hydrogen-bond donors (Lipinski definition) is 1. The number of aryl methyl sites for hydroxylation is 1. The molecule has 0 aliphatic heterocycles. The third kappa shape index (κ3) is 5.72. The monoisotopic (exact) mass is 311 g/mol. The van der Waals surface area contributed by atoms with Crippen molar-refractivity contribution in [2.75, 3.05) is 6.61 Å². The summed E-state index contributed by atoms with van der Waals surface area (Å²) in [6, 6.07) is 17.3. The van der Waals surface area contributed by atoms with Crippen LogP contribution in [-0.4, -0.2) is 6.61 Å². The van der Waals surface area contributed by atoms with Gasteiger partial charge >= 0.3 is 0 Å². The maximum absolute atomic E-state index is 5.77. The highest BCUT2D eigenvalue weighted by Gasteiger charge is 2.06. The Kier molecular flexibility index (Phi) is 7.15. The van der Waals surface area contributed by atoms with Gasteiger partial charge in [0.25, 0.3) is 0 Å². The van der Waals surface area contributed by atoms with E-state index < -0.39 is 0 Å². The Morgan fingerprint density at radius 1 is 1.00 bits per heavy atom.